The first-order valence-corrected chi connectivity index (χ1v) is 7.57. The highest BCUT2D eigenvalue weighted by Gasteiger charge is 2.33. The highest BCUT2D eigenvalue weighted by Crippen LogP contribution is 2.21. The summed E-state index contributed by atoms with van der Waals surface area (Å²) >= 11 is 0. The van der Waals surface area contributed by atoms with Crippen LogP contribution >= 0.6 is 0 Å². The van der Waals surface area contributed by atoms with Crippen LogP contribution in [0, 0.1) is 0 Å². The second kappa shape index (κ2) is 7.15. The maximum absolute atomic E-state index is 10.9. The average molecular weight is 313 g/mol. The SMILES string of the molecule is O=C(O)N[C@@H](Cc1cccc(OCc2ccccc2)c1)C1CO1. The van der Waals surface area contributed by atoms with E-state index in [2.05, 4.69) is 5.32 Å². The molecule has 3 rings (SSSR count). The highest BCUT2D eigenvalue weighted by molar-refractivity contribution is 5.65. The van der Waals surface area contributed by atoms with Gasteiger partial charge in [-0.15, -0.1) is 0 Å². The van der Waals surface area contributed by atoms with Crippen LogP contribution in [-0.2, 0) is 17.8 Å². The number of nitrogens with one attached hydrogen (secondary N) is 1. The molecule has 0 radical (unpaired) electrons. The Bertz CT molecular complexity index is 655. The Morgan fingerprint density at radius 1 is 1.22 bits per heavy atom. The molecule has 1 saturated heterocycles. The van der Waals surface area contributed by atoms with Gasteiger partial charge in [-0.1, -0.05) is 42.5 Å². The molecule has 5 nitrogen and oxygen atoms in total. The van der Waals surface area contributed by atoms with Crippen LogP contribution in [0.2, 0.25) is 0 Å². The summed E-state index contributed by atoms with van der Waals surface area (Å²) in [5, 5.41) is 11.4. The number of ether oxygens (including phenoxy) is 2. The lowest BCUT2D eigenvalue weighted by molar-refractivity contribution is 0.186. The Morgan fingerprint density at radius 2 is 1.96 bits per heavy atom. The average Bonchev–Trinajstić information content (AvgIpc) is 3.38. The summed E-state index contributed by atoms with van der Waals surface area (Å²) < 4.78 is 11.0. The lowest BCUT2D eigenvalue weighted by Gasteiger charge is -2.15. The summed E-state index contributed by atoms with van der Waals surface area (Å²) in [5.41, 5.74) is 2.12. The molecule has 2 N–H and O–H groups in total. The molecule has 1 fully saturated rings. The van der Waals surface area contributed by atoms with Crippen LogP contribution < -0.4 is 10.1 Å². The minimum atomic E-state index is -1.03. The van der Waals surface area contributed by atoms with E-state index < -0.39 is 6.09 Å². The molecule has 0 spiro atoms. The Labute approximate surface area is 134 Å². The van der Waals surface area contributed by atoms with Gasteiger partial charge in [-0.05, 0) is 29.7 Å². The number of hydrogen-bond acceptors (Lipinski definition) is 3. The zero-order valence-corrected chi connectivity index (χ0v) is 12.6. The summed E-state index contributed by atoms with van der Waals surface area (Å²) in [6.45, 7) is 1.11. The van der Waals surface area contributed by atoms with Gasteiger partial charge in [0.15, 0.2) is 0 Å². The van der Waals surface area contributed by atoms with Gasteiger partial charge in [-0.2, -0.15) is 0 Å². The van der Waals surface area contributed by atoms with Crippen LogP contribution in [-0.4, -0.2) is 30.0 Å². The molecule has 0 bridgehead atoms. The third kappa shape index (κ3) is 4.72. The van der Waals surface area contributed by atoms with Gasteiger partial charge in [0.25, 0.3) is 0 Å². The predicted octanol–water partition coefficient (Wildman–Crippen LogP) is 2.84. The third-order valence-corrected chi connectivity index (χ3v) is 3.72. The van der Waals surface area contributed by atoms with Gasteiger partial charge in [0.05, 0.1) is 12.6 Å². The van der Waals surface area contributed by atoms with Crippen molar-refractivity contribution >= 4 is 6.09 Å². The van der Waals surface area contributed by atoms with Gasteiger partial charge in [0.2, 0.25) is 0 Å². The number of carboxylic acid groups (broad SMARTS) is 1. The van der Waals surface area contributed by atoms with Crippen molar-refractivity contribution in [3.8, 4) is 5.75 Å². The lowest BCUT2D eigenvalue weighted by Crippen LogP contribution is -2.39. The topological polar surface area (TPSA) is 71.1 Å². The number of benzene rings is 2. The largest absolute Gasteiger partial charge is 0.489 e. The van der Waals surface area contributed by atoms with Crippen molar-refractivity contribution in [2.24, 2.45) is 0 Å². The second-order valence-corrected chi connectivity index (χ2v) is 5.55. The van der Waals surface area contributed by atoms with Crippen molar-refractivity contribution in [3.63, 3.8) is 0 Å². The van der Waals surface area contributed by atoms with Gasteiger partial charge in [0.1, 0.15) is 18.5 Å². The van der Waals surface area contributed by atoms with E-state index in [9.17, 15) is 4.79 Å². The third-order valence-electron chi connectivity index (χ3n) is 3.72. The Hall–Kier alpha value is -2.53. The minimum absolute atomic E-state index is 0.0278. The van der Waals surface area contributed by atoms with E-state index >= 15 is 0 Å². The first kappa shape index (κ1) is 15.4. The molecule has 1 amide bonds. The van der Waals surface area contributed by atoms with Crippen molar-refractivity contribution in [2.75, 3.05) is 6.61 Å². The van der Waals surface area contributed by atoms with Gasteiger partial charge in [-0.25, -0.2) is 4.79 Å². The quantitative estimate of drug-likeness (QED) is 0.771. The van der Waals surface area contributed by atoms with E-state index in [0.29, 0.717) is 19.6 Å². The van der Waals surface area contributed by atoms with Gasteiger partial charge in [0, 0.05) is 0 Å². The van der Waals surface area contributed by atoms with Crippen molar-refractivity contribution in [1.29, 1.82) is 0 Å². The maximum Gasteiger partial charge on any atom is 0.404 e. The second-order valence-electron chi connectivity index (χ2n) is 5.55. The van der Waals surface area contributed by atoms with Crippen molar-refractivity contribution in [3.05, 3.63) is 65.7 Å². The van der Waals surface area contributed by atoms with Crippen LogP contribution in [0.25, 0.3) is 0 Å². The van der Waals surface area contributed by atoms with Crippen LogP contribution in [0.5, 0.6) is 5.75 Å². The molecule has 2 aromatic rings. The van der Waals surface area contributed by atoms with Crippen molar-refractivity contribution < 1.29 is 19.4 Å². The Morgan fingerprint density at radius 3 is 2.65 bits per heavy atom. The molecule has 0 aromatic heterocycles. The van der Waals surface area contributed by atoms with Gasteiger partial charge < -0.3 is 19.9 Å². The summed E-state index contributed by atoms with van der Waals surface area (Å²) in [6.07, 6.45) is -0.471. The molecule has 0 aliphatic carbocycles. The van der Waals surface area contributed by atoms with E-state index in [1.165, 1.54) is 0 Å². The lowest BCUT2D eigenvalue weighted by atomic mass is 10.0. The predicted molar refractivity (Wildman–Crippen MR) is 85.6 cm³/mol. The molecule has 1 unspecified atom stereocenters. The van der Waals surface area contributed by atoms with E-state index in [-0.39, 0.29) is 12.1 Å². The monoisotopic (exact) mass is 313 g/mol. The summed E-state index contributed by atoms with van der Waals surface area (Å²) in [6, 6.07) is 17.5. The number of amides is 1. The van der Waals surface area contributed by atoms with E-state index in [4.69, 9.17) is 14.6 Å². The summed E-state index contributed by atoms with van der Waals surface area (Å²) in [5.74, 6) is 0.775. The first-order chi connectivity index (χ1) is 11.2. The molecule has 1 heterocycles. The fourth-order valence-corrected chi connectivity index (χ4v) is 2.48. The molecule has 0 saturated carbocycles. The number of epoxide rings is 1. The molecular weight excluding hydrogens is 294 g/mol. The van der Waals surface area contributed by atoms with Gasteiger partial charge >= 0.3 is 6.09 Å². The molecule has 23 heavy (non-hydrogen) atoms. The highest BCUT2D eigenvalue weighted by atomic mass is 16.6. The minimum Gasteiger partial charge on any atom is -0.489 e. The van der Waals surface area contributed by atoms with E-state index in [1.54, 1.807) is 0 Å². The molecule has 2 atom stereocenters. The van der Waals surface area contributed by atoms with Crippen LogP contribution in [0.1, 0.15) is 11.1 Å². The summed E-state index contributed by atoms with van der Waals surface area (Å²) in [4.78, 5) is 10.9. The fourth-order valence-electron chi connectivity index (χ4n) is 2.48. The first-order valence-electron chi connectivity index (χ1n) is 7.57. The maximum atomic E-state index is 10.9. The Balaban J connectivity index is 1.61. The van der Waals surface area contributed by atoms with E-state index in [1.807, 2.05) is 54.6 Å². The molecule has 120 valence electrons. The van der Waals surface area contributed by atoms with Crippen LogP contribution in [0.4, 0.5) is 4.79 Å². The molecule has 1 aliphatic heterocycles. The Kier molecular flexibility index (Phi) is 4.78. The number of carbonyl (C=O) groups is 1. The van der Waals surface area contributed by atoms with E-state index in [0.717, 1.165) is 16.9 Å². The molecule has 2 aromatic carbocycles. The normalized spacial score (nSPS) is 17.3. The van der Waals surface area contributed by atoms with Crippen molar-refractivity contribution in [2.45, 2.75) is 25.2 Å². The fraction of sp³-hybridized carbons (Fsp3) is 0.278. The zero-order valence-electron chi connectivity index (χ0n) is 12.6. The van der Waals surface area contributed by atoms with Crippen LogP contribution in [0.3, 0.4) is 0 Å². The zero-order chi connectivity index (χ0) is 16.1. The smallest absolute Gasteiger partial charge is 0.404 e. The van der Waals surface area contributed by atoms with Crippen molar-refractivity contribution in [1.82, 2.24) is 5.32 Å². The molecule has 1 aliphatic rings. The molecule has 5 heteroatoms. The van der Waals surface area contributed by atoms with Crippen LogP contribution in [0.15, 0.2) is 54.6 Å². The van der Waals surface area contributed by atoms with Gasteiger partial charge in [-0.3, -0.25) is 0 Å². The standard InChI is InChI=1S/C18H19NO4/c20-18(21)19-16(17-12-23-17)10-14-7-4-8-15(9-14)22-11-13-5-2-1-3-6-13/h1-9,16-17,19H,10-12H2,(H,20,21)/t16-,17?/m0/s1. The summed E-state index contributed by atoms with van der Waals surface area (Å²) in [7, 11) is 0. The molecular formula is C18H19NO4. The number of hydrogen-bond donors (Lipinski definition) is 2. The number of rotatable bonds is 7.